The van der Waals surface area contributed by atoms with Crippen molar-refractivity contribution in [3.05, 3.63) is 48.3 Å². The van der Waals surface area contributed by atoms with Crippen molar-refractivity contribution in [1.82, 2.24) is 4.57 Å². The van der Waals surface area contributed by atoms with Gasteiger partial charge >= 0.3 is 0 Å². The monoisotopic (exact) mass is 287 g/mol. The Morgan fingerprint density at radius 2 is 1.90 bits per heavy atom. The van der Waals surface area contributed by atoms with Gasteiger partial charge in [0, 0.05) is 23.9 Å². The molecule has 0 saturated carbocycles. The molecule has 0 N–H and O–H groups in total. The fraction of sp³-hybridized carbons (Fsp3) is 0.353. The number of ketones is 1. The first kappa shape index (κ1) is 15.2. The lowest BCUT2D eigenvalue weighted by atomic mass is 10.0. The van der Waals surface area contributed by atoms with Crippen molar-refractivity contribution in [3.63, 3.8) is 0 Å². The molecule has 0 aliphatic rings. The van der Waals surface area contributed by atoms with Crippen LogP contribution in [0.4, 0.5) is 0 Å². The highest BCUT2D eigenvalue weighted by molar-refractivity contribution is 5.97. The molecule has 0 unspecified atom stereocenters. The number of aromatic nitrogens is 1. The molecule has 0 radical (unpaired) electrons. The number of carbonyl (C=O) groups is 1. The predicted octanol–water partition coefficient (Wildman–Crippen LogP) is 3.41. The van der Waals surface area contributed by atoms with E-state index < -0.39 is 0 Å². The van der Waals surface area contributed by atoms with E-state index in [4.69, 9.17) is 9.47 Å². The Morgan fingerprint density at radius 1 is 1.19 bits per heavy atom. The molecule has 112 valence electrons. The van der Waals surface area contributed by atoms with Crippen molar-refractivity contribution in [2.75, 3.05) is 13.7 Å². The molecule has 0 fully saturated rings. The van der Waals surface area contributed by atoms with Gasteiger partial charge in [0.05, 0.1) is 13.7 Å². The first-order chi connectivity index (χ1) is 10.1. The lowest BCUT2D eigenvalue weighted by Crippen LogP contribution is -2.08. The SMILES string of the molecule is COc1ccccc1OCCn1ccc(C(=O)C(C)C)c1. The predicted molar refractivity (Wildman–Crippen MR) is 82.1 cm³/mol. The summed E-state index contributed by atoms with van der Waals surface area (Å²) in [6, 6.07) is 9.41. The van der Waals surface area contributed by atoms with Gasteiger partial charge in [-0.3, -0.25) is 4.79 Å². The van der Waals surface area contributed by atoms with Gasteiger partial charge in [0.15, 0.2) is 17.3 Å². The number of Topliss-reactive ketones (excluding diaryl/α,β-unsaturated/α-hetero) is 1. The summed E-state index contributed by atoms with van der Waals surface area (Å²) in [6.07, 6.45) is 3.77. The number of nitrogens with zero attached hydrogens (tertiary/aromatic N) is 1. The Morgan fingerprint density at radius 3 is 2.57 bits per heavy atom. The third kappa shape index (κ3) is 3.88. The van der Waals surface area contributed by atoms with Crippen LogP contribution < -0.4 is 9.47 Å². The fourth-order valence-electron chi connectivity index (χ4n) is 2.06. The summed E-state index contributed by atoms with van der Waals surface area (Å²) in [4.78, 5) is 11.9. The Bertz CT molecular complexity index is 602. The smallest absolute Gasteiger partial charge is 0.166 e. The van der Waals surface area contributed by atoms with E-state index in [1.165, 1.54) is 0 Å². The molecule has 0 aliphatic carbocycles. The fourth-order valence-corrected chi connectivity index (χ4v) is 2.06. The summed E-state index contributed by atoms with van der Waals surface area (Å²) < 4.78 is 12.9. The standard InChI is InChI=1S/C17H21NO3/c1-13(2)17(19)14-8-9-18(12-14)10-11-21-16-7-5-4-6-15(16)20-3/h4-9,12-13H,10-11H2,1-3H3. The number of carbonyl (C=O) groups excluding carboxylic acids is 1. The van der Waals surface area contributed by atoms with E-state index in [2.05, 4.69) is 0 Å². The molecule has 1 aromatic heterocycles. The van der Waals surface area contributed by atoms with E-state index in [1.54, 1.807) is 7.11 Å². The normalized spacial score (nSPS) is 10.7. The van der Waals surface area contributed by atoms with E-state index >= 15 is 0 Å². The number of ether oxygens (including phenoxy) is 2. The first-order valence-electron chi connectivity index (χ1n) is 7.07. The molecule has 0 saturated heterocycles. The van der Waals surface area contributed by atoms with Gasteiger partial charge in [-0.2, -0.15) is 0 Å². The molecule has 21 heavy (non-hydrogen) atoms. The lowest BCUT2D eigenvalue weighted by molar-refractivity contribution is 0.0939. The maximum absolute atomic E-state index is 11.9. The first-order valence-corrected chi connectivity index (χ1v) is 7.07. The molecule has 4 heteroatoms. The molecular formula is C17H21NO3. The van der Waals surface area contributed by atoms with Crippen LogP contribution in [0.25, 0.3) is 0 Å². The number of rotatable bonds is 7. The Hall–Kier alpha value is -2.23. The summed E-state index contributed by atoms with van der Waals surface area (Å²) in [5, 5.41) is 0. The highest BCUT2D eigenvalue weighted by Gasteiger charge is 2.11. The maximum atomic E-state index is 11.9. The van der Waals surface area contributed by atoms with Crippen LogP contribution in [0.3, 0.4) is 0 Å². The minimum Gasteiger partial charge on any atom is -0.493 e. The zero-order chi connectivity index (χ0) is 15.2. The van der Waals surface area contributed by atoms with E-state index in [1.807, 2.05) is 61.1 Å². The molecule has 0 bridgehead atoms. The second-order valence-electron chi connectivity index (χ2n) is 5.16. The van der Waals surface area contributed by atoms with Gasteiger partial charge < -0.3 is 14.0 Å². The van der Waals surface area contributed by atoms with Crippen molar-refractivity contribution >= 4 is 5.78 Å². The number of para-hydroxylation sites is 2. The van der Waals surface area contributed by atoms with Crippen LogP contribution in [-0.4, -0.2) is 24.1 Å². The molecular weight excluding hydrogens is 266 g/mol. The van der Waals surface area contributed by atoms with Crippen molar-refractivity contribution < 1.29 is 14.3 Å². The molecule has 0 aliphatic heterocycles. The minimum absolute atomic E-state index is 0.0191. The van der Waals surface area contributed by atoms with Crippen LogP contribution in [0.2, 0.25) is 0 Å². The number of methoxy groups -OCH3 is 1. The molecule has 2 aromatic rings. The van der Waals surface area contributed by atoms with E-state index in [0.29, 0.717) is 13.2 Å². The maximum Gasteiger partial charge on any atom is 0.166 e. The second-order valence-corrected chi connectivity index (χ2v) is 5.16. The Kier molecular flexibility index (Phi) is 5.04. The van der Waals surface area contributed by atoms with Gasteiger partial charge in [-0.15, -0.1) is 0 Å². The highest BCUT2D eigenvalue weighted by Crippen LogP contribution is 2.25. The van der Waals surface area contributed by atoms with Crippen LogP contribution in [0.1, 0.15) is 24.2 Å². The van der Waals surface area contributed by atoms with Crippen molar-refractivity contribution in [2.24, 2.45) is 5.92 Å². The zero-order valence-electron chi connectivity index (χ0n) is 12.7. The van der Waals surface area contributed by atoms with Crippen LogP contribution >= 0.6 is 0 Å². The Balaban J connectivity index is 1.91. The van der Waals surface area contributed by atoms with Gasteiger partial charge in [-0.05, 0) is 18.2 Å². The van der Waals surface area contributed by atoms with Crippen LogP contribution in [0.15, 0.2) is 42.7 Å². The molecule has 4 nitrogen and oxygen atoms in total. The van der Waals surface area contributed by atoms with Crippen molar-refractivity contribution in [2.45, 2.75) is 20.4 Å². The largest absolute Gasteiger partial charge is 0.493 e. The summed E-state index contributed by atoms with van der Waals surface area (Å²) in [5.74, 6) is 1.64. The summed E-state index contributed by atoms with van der Waals surface area (Å²) >= 11 is 0. The van der Waals surface area contributed by atoms with Gasteiger partial charge in [0.1, 0.15) is 6.61 Å². The van der Waals surface area contributed by atoms with Gasteiger partial charge in [0.25, 0.3) is 0 Å². The highest BCUT2D eigenvalue weighted by atomic mass is 16.5. The van der Waals surface area contributed by atoms with E-state index in [0.717, 1.165) is 17.1 Å². The molecule has 0 amide bonds. The average Bonchev–Trinajstić information content (AvgIpc) is 2.95. The van der Waals surface area contributed by atoms with Crippen molar-refractivity contribution in [3.8, 4) is 11.5 Å². The average molecular weight is 287 g/mol. The van der Waals surface area contributed by atoms with E-state index in [-0.39, 0.29) is 11.7 Å². The van der Waals surface area contributed by atoms with Gasteiger partial charge in [-0.25, -0.2) is 0 Å². The third-order valence-corrected chi connectivity index (χ3v) is 3.24. The number of benzene rings is 1. The zero-order valence-corrected chi connectivity index (χ0v) is 12.7. The van der Waals surface area contributed by atoms with Crippen LogP contribution in [0, 0.1) is 5.92 Å². The summed E-state index contributed by atoms with van der Waals surface area (Å²) in [7, 11) is 1.62. The van der Waals surface area contributed by atoms with Gasteiger partial charge in [-0.1, -0.05) is 26.0 Å². The summed E-state index contributed by atoms with van der Waals surface area (Å²) in [6.45, 7) is 5.02. The minimum atomic E-state index is 0.0191. The van der Waals surface area contributed by atoms with Crippen LogP contribution in [0.5, 0.6) is 11.5 Å². The summed E-state index contributed by atoms with van der Waals surface area (Å²) in [5.41, 5.74) is 0.752. The third-order valence-electron chi connectivity index (χ3n) is 3.24. The molecule has 0 spiro atoms. The lowest BCUT2D eigenvalue weighted by Gasteiger charge is -2.10. The van der Waals surface area contributed by atoms with Crippen molar-refractivity contribution in [1.29, 1.82) is 0 Å². The second kappa shape index (κ2) is 6.97. The quantitative estimate of drug-likeness (QED) is 0.733. The number of hydrogen-bond donors (Lipinski definition) is 0. The molecule has 1 aromatic carbocycles. The van der Waals surface area contributed by atoms with E-state index in [9.17, 15) is 4.79 Å². The Labute approximate surface area is 125 Å². The molecule has 1 heterocycles. The topological polar surface area (TPSA) is 40.5 Å². The number of hydrogen-bond acceptors (Lipinski definition) is 3. The molecule has 0 atom stereocenters. The van der Waals surface area contributed by atoms with Crippen LogP contribution in [-0.2, 0) is 6.54 Å². The molecule has 2 rings (SSSR count). The van der Waals surface area contributed by atoms with Gasteiger partial charge in [0.2, 0.25) is 0 Å².